The van der Waals surface area contributed by atoms with E-state index >= 15 is 0 Å². The molecule has 4 heteroatoms. The van der Waals surface area contributed by atoms with Gasteiger partial charge in [0.2, 0.25) is 5.91 Å². The van der Waals surface area contributed by atoms with Crippen LogP contribution in [0.25, 0.3) is 0 Å². The van der Waals surface area contributed by atoms with Crippen molar-refractivity contribution in [1.82, 2.24) is 0 Å². The van der Waals surface area contributed by atoms with Gasteiger partial charge in [0.25, 0.3) is 0 Å². The van der Waals surface area contributed by atoms with E-state index in [-0.39, 0.29) is 24.0 Å². The number of esters is 1. The number of hydrogen-bond acceptors (Lipinski definition) is 3. The molecule has 0 radical (unpaired) electrons. The van der Waals surface area contributed by atoms with Crippen molar-refractivity contribution in [1.29, 1.82) is 0 Å². The Labute approximate surface area is 161 Å². The van der Waals surface area contributed by atoms with Crippen LogP contribution >= 0.6 is 0 Å². The van der Waals surface area contributed by atoms with E-state index in [0.29, 0.717) is 17.9 Å². The molecule has 0 aliphatic heterocycles. The van der Waals surface area contributed by atoms with E-state index in [2.05, 4.69) is 6.92 Å². The monoisotopic (exact) mass is 365 g/mol. The van der Waals surface area contributed by atoms with Crippen molar-refractivity contribution in [3.63, 3.8) is 0 Å². The minimum Gasteiger partial charge on any atom is -0.457 e. The zero-order chi connectivity index (χ0) is 19.2. The first-order valence-electron chi connectivity index (χ1n) is 9.73. The largest absolute Gasteiger partial charge is 0.457 e. The predicted octanol–water partition coefficient (Wildman–Crippen LogP) is 4.84. The number of amides is 1. The molecule has 1 saturated carbocycles. The van der Waals surface area contributed by atoms with Gasteiger partial charge in [-0.25, -0.2) is 4.79 Å². The second-order valence-corrected chi connectivity index (χ2v) is 7.30. The van der Waals surface area contributed by atoms with Crippen LogP contribution in [0, 0.1) is 5.92 Å². The Morgan fingerprint density at radius 2 is 1.63 bits per heavy atom. The molecule has 3 rings (SSSR count). The van der Waals surface area contributed by atoms with E-state index in [1.165, 1.54) is 0 Å². The van der Waals surface area contributed by atoms with Crippen molar-refractivity contribution in [2.45, 2.75) is 51.7 Å². The Morgan fingerprint density at radius 1 is 1.00 bits per heavy atom. The molecule has 4 nitrogen and oxygen atoms in total. The number of benzene rings is 2. The highest BCUT2D eigenvalue weighted by Gasteiger charge is 2.41. The number of nitrogens with zero attached hydrogens (tertiary/aromatic N) is 1. The lowest BCUT2D eigenvalue weighted by atomic mass is 10.1. The third-order valence-corrected chi connectivity index (χ3v) is 5.07. The first-order chi connectivity index (χ1) is 13.1. The first-order valence-corrected chi connectivity index (χ1v) is 9.73. The van der Waals surface area contributed by atoms with Gasteiger partial charge >= 0.3 is 5.97 Å². The van der Waals surface area contributed by atoms with Crippen LogP contribution < -0.4 is 4.90 Å². The lowest BCUT2D eigenvalue weighted by Crippen LogP contribution is -2.46. The van der Waals surface area contributed by atoms with Crippen LogP contribution in [-0.4, -0.2) is 24.0 Å². The fourth-order valence-electron chi connectivity index (χ4n) is 3.84. The van der Waals surface area contributed by atoms with E-state index < -0.39 is 0 Å². The van der Waals surface area contributed by atoms with Gasteiger partial charge in [0, 0.05) is 12.1 Å². The van der Waals surface area contributed by atoms with Gasteiger partial charge in [-0.15, -0.1) is 0 Å². The molecule has 3 atom stereocenters. The second kappa shape index (κ2) is 8.85. The van der Waals surface area contributed by atoms with E-state index in [0.717, 1.165) is 24.9 Å². The summed E-state index contributed by atoms with van der Waals surface area (Å²) in [7, 11) is 0. The standard InChI is InChI=1S/C23H27NO3/c1-3-10-22(25)24(19-13-8-5-9-14-19)20-15-17(2)16-21(20)27-23(26)18-11-6-4-7-12-18/h4-9,11-14,17,20-21H,3,10,15-16H2,1-2H3. The predicted molar refractivity (Wildman–Crippen MR) is 107 cm³/mol. The normalized spacial score (nSPS) is 21.6. The summed E-state index contributed by atoms with van der Waals surface area (Å²) in [4.78, 5) is 27.4. The molecule has 0 N–H and O–H groups in total. The summed E-state index contributed by atoms with van der Waals surface area (Å²) >= 11 is 0. The number of carbonyl (C=O) groups excluding carboxylic acids is 2. The SMILES string of the molecule is CCCC(=O)N(c1ccccc1)C1CC(C)CC1OC(=O)c1ccccc1. The Kier molecular flexibility index (Phi) is 6.28. The smallest absolute Gasteiger partial charge is 0.338 e. The van der Waals surface area contributed by atoms with E-state index in [4.69, 9.17) is 4.74 Å². The van der Waals surface area contributed by atoms with Crippen LogP contribution in [0.15, 0.2) is 60.7 Å². The number of anilines is 1. The second-order valence-electron chi connectivity index (χ2n) is 7.30. The lowest BCUT2D eigenvalue weighted by molar-refractivity contribution is -0.119. The lowest BCUT2D eigenvalue weighted by Gasteiger charge is -2.33. The Morgan fingerprint density at radius 3 is 2.26 bits per heavy atom. The van der Waals surface area contributed by atoms with E-state index in [9.17, 15) is 9.59 Å². The summed E-state index contributed by atoms with van der Waals surface area (Å²) in [5, 5.41) is 0. The topological polar surface area (TPSA) is 46.6 Å². The van der Waals surface area contributed by atoms with Crippen LogP contribution in [0.4, 0.5) is 5.69 Å². The summed E-state index contributed by atoms with van der Waals surface area (Å²) < 4.78 is 5.88. The van der Waals surface area contributed by atoms with E-state index in [1.807, 2.05) is 60.4 Å². The highest BCUT2D eigenvalue weighted by Crippen LogP contribution is 2.35. The zero-order valence-corrected chi connectivity index (χ0v) is 16.0. The number of para-hydroxylation sites is 1. The Bertz CT molecular complexity index is 760. The van der Waals surface area contributed by atoms with Crippen LogP contribution in [0.2, 0.25) is 0 Å². The summed E-state index contributed by atoms with van der Waals surface area (Å²) in [6, 6.07) is 18.6. The maximum atomic E-state index is 12.9. The maximum absolute atomic E-state index is 12.9. The first kappa shape index (κ1) is 19.2. The Hall–Kier alpha value is -2.62. The molecule has 142 valence electrons. The molecule has 0 bridgehead atoms. The average Bonchev–Trinajstić information content (AvgIpc) is 3.03. The Balaban J connectivity index is 1.85. The van der Waals surface area contributed by atoms with Crippen molar-refractivity contribution in [2.24, 2.45) is 5.92 Å². The van der Waals surface area contributed by atoms with Gasteiger partial charge in [-0.05, 0) is 49.4 Å². The molecule has 0 aromatic heterocycles. The molecule has 1 aliphatic carbocycles. The third-order valence-electron chi connectivity index (χ3n) is 5.07. The zero-order valence-electron chi connectivity index (χ0n) is 16.0. The highest BCUT2D eigenvalue weighted by atomic mass is 16.5. The van der Waals surface area contributed by atoms with Gasteiger partial charge in [0.15, 0.2) is 0 Å². The molecule has 0 saturated heterocycles. The number of rotatable bonds is 6. The highest BCUT2D eigenvalue weighted by molar-refractivity contribution is 5.94. The van der Waals surface area contributed by atoms with Crippen LogP contribution in [-0.2, 0) is 9.53 Å². The average molecular weight is 365 g/mol. The van der Waals surface area contributed by atoms with Crippen molar-refractivity contribution in [2.75, 3.05) is 4.90 Å². The molecule has 1 amide bonds. The van der Waals surface area contributed by atoms with Crippen LogP contribution in [0.5, 0.6) is 0 Å². The van der Waals surface area contributed by atoms with Crippen molar-refractivity contribution < 1.29 is 14.3 Å². The molecule has 1 aliphatic rings. The summed E-state index contributed by atoms with van der Waals surface area (Å²) in [5.74, 6) is 0.156. The third kappa shape index (κ3) is 4.57. The number of carbonyl (C=O) groups is 2. The number of hydrogen-bond donors (Lipinski definition) is 0. The van der Waals surface area contributed by atoms with Crippen LogP contribution in [0.1, 0.15) is 49.9 Å². The fraction of sp³-hybridized carbons (Fsp3) is 0.391. The van der Waals surface area contributed by atoms with Crippen molar-refractivity contribution in [3.8, 4) is 0 Å². The summed E-state index contributed by atoms with van der Waals surface area (Å²) in [5.41, 5.74) is 1.41. The number of ether oxygens (including phenoxy) is 1. The van der Waals surface area contributed by atoms with Gasteiger partial charge in [-0.3, -0.25) is 4.79 Å². The van der Waals surface area contributed by atoms with Gasteiger partial charge in [0.05, 0.1) is 11.6 Å². The van der Waals surface area contributed by atoms with Gasteiger partial charge < -0.3 is 9.64 Å². The minimum absolute atomic E-state index is 0.0866. The molecular weight excluding hydrogens is 338 g/mol. The molecule has 0 spiro atoms. The molecular formula is C23H27NO3. The van der Waals surface area contributed by atoms with Crippen molar-refractivity contribution >= 4 is 17.6 Å². The molecule has 27 heavy (non-hydrogen) atoms. The summed E-state index contributed by atoms with van der Waals surface area (Å²) in [6.45, 7) is 4.15. The van der Waals surface area contributed by atoms with Gasteiger partial charge in [-0.1, -0.05) is 50.2 Å². The minimum atomic E-state index is -0.323. The quantitative estimate of drug-likeness (QED) is 0.688. The molecule has 2 aromatic rings. The molecule has 3 unspecified atom stereocenters. The van der Waals surface area contributed by atoms with Crippen LogP contribution in [0.3, 0.4) is 0 Å². The maximum Gasteiger partial charge on any atom is 0.338 e. The molecule has 0 heterocycles. The van der Waals surface area contributed by atoms with Gasteiger partial charge in [0.1, 0.15) is 6.10 Å². The van der Waals surface area contributed by atoms with E-state index in [1.54, 1.807) is 12.1 Å². The summed E-state index contributed by atoms with van der Waals surface area (Å²) in [6.07, 6.45) is 2.58. The molecule has 1 fully saturated rings. The fourth-order valence-corrected chi connectivity index (χ4v) is 3.84. The van der Waals surface area contributed by atoms with Crippen molar-refractivity contribution in [3.05, 3.63) is 66.2 Å². The van der Waals surface area contributed by atoms with Gasteiger partial charge in [-0.2, -0.15) is 0 Å². The molecule has 2 aromatic carbocycles.